The summed E-state index contributed by atoms with van der Waals surface area (Å²) in [6.45, 7) is 2.06. The van der Waals surface area contributed by atoms with Gasteiger partial charge in [0.15, 0.2) is 0 Å². The van der Waals surface area contributed by atoms with E-state index in [0.717, 1.165) is 27.3 Å². The first-order valence-corrected chi connectivity index (χ1v) is 10.6. The molecule has 0 radical (unpaired) electrons. The lowest BCUT2D eigenvalue weighted by Gasteiger charge is -2.17. The maximum atomic E-state index is 12.7. The second kappa shape index (κ2) is 8.97. The molecular weight excluding hydrogens is 378 g/mol. The number of amides is 1. The molecule has 1 amide bonds. The van der Waals surface area contributed by atoms with Gasteiger partial charge in [-0.3, -0.25) is 4.79 Å². The van der Waals surface area contributed by atoms with Crippen molar-refractivity contribution in [3.05, 3.63) is 95.8 Å². The Morgan fingerprint density at radius 1 is 1.00 bits per heavy atom. The summed E-state index contributed by atoms with van der Waals surface area (Å²) < 4.78 is 0. The van der Waals surface area contributed by atoms with Crippen molar-refractivity contribution in [2.75, 3.05) is 5.75 Å². The molecule has 0 bridgehead atoms. The Morgan fingerprint density at radius 2 is 1.72 bits per heavy atom. The average Bonchev–Trinajstić information content (AvgIpc) is 3.18. The fourth-order valence-corrected chi connectivity index (χ4v) is 4.14. The number of imidazole rings is 1. The van der Waals surface area contributed by atoms with Crippen LogP contribution in [0.3, 0.4) is 0 Å². The predicted octanol–water partition coefficient (Wildman–Crippen LogP) is 5.06. The van der Waals surface area contributed by atoms with Crippen molar-refractivity contribution in [3.8, 4) is 0 Å². The third kappa shape index (κ3) is 4.87. The smallest absolute Gasteiger partial charge is 0.230 e. The van der Waals surface area contributed by atoms with Gasteiger partial charge in [0.2, 0.25) is 5.91 Å². The molecule has 0 saturated carbocycles. The summed E-state index contributed by atoms with van der Waals surface area (Å²) >= 11 is 1.56. The van der Waals surface area contributed by atoms with Crippen molar-refractivity contribution < 1.29 is 4.79 Å². The fraction of sp³-hybridized carbons (Fsp3) is 0.167. The normalized spacial score (nSPS) is 12.0. The summed E-state index contributed by atoms with van der Waals surface area (Å²) in [6, 6.07) is 26.0. The van der Waals surface area contributed by atoms with Crippen molar-refractivity contribution in [2.45, 2.75) is 24.3 Å². The predicted molar refractivity (Wildman–Crippen MR) is 119 cm³/mol. The molecule has 1 heterocycles. The van der Waals surface area contributed by atoms with E-state index in [4.69, 9.17) is 4.98 Å². The highest BCUT2D eigenvalue weighted by Gasteiger charge is 2.19. The molecule has 1 atom stereocenters. The summed E-state index contributed by atoms with van der Waals surface area (Å²) in [7, 11) is 0. The van der Waals surface area contributed by atoms with Crippen molar-refractivity contribution in [2.24, 2.45) is 0 Å². The minimum atomic E-state index is -0.213. The molecule has 4 aromatic rings. The van der Waals surface area contributed by atoms with E-state index >= 15 is 0 Å². The van der Waals surface area contributed by atoms with E-state index in [2.05, 4.69) is 35.4 Å². The molecule has 4 rings (SSSR count). The highest BCUT2D eigenvalue weighted by atomic mass is 32.2. The molecule has 0 unspecified atom stereocenters. The van der Waals surface area contributed by atoms with Crippen molar-refractivity contribution in [1.29, 1.82) is 0 Å². The zero-order chi connectivity index (χ0) is 20.1. The van der Waals surface area contributed by atoms with Crippen LogP contribution >= 0.6 is 11.8 Å². The molecule has 0 spiro atoms. The van der Waals surface area contributed by atoms with E-state index in [0.29, 0.717) is 12.2 Å². The van der Waals surface area contributed by atoms with Gasteiger partial charge in [-0.05, 0) is 42.7 Å². The number of thioether (sulfide) groups is 1. The van der Waals surface area contributed by atoms with Crippen LogP contribution in [0.5, 0.6) is 0 Å². The lowest BCUT2D eigenvalue weighted by molar-refractivity contribution is -0.119. The van der Waals surface area contributed by atoms with Crippen LogP contribution in [0.1, 0.15) is 23.0 Å². The molecule has 29 heavy (non-hydrogen) atoms. The Hall–Kier alpha value is -3.05. The molecule has 4 nitrogen and oxygen atoms in total. The summed E-state index contributed by atoms with van der Waals surface area (Å²) in [6.07, 6.45) is 0.682. The largest absolute Gasteiger partial charge is 0.345 e. The highest BCUT2D eigenvalue weighted by molar-refractivity contribution is 8.00. The number of hydrogen-bond acceptors (Lipinski definition) is 3. The van der Waals surface area contributed by atoms with Gasteiger partial charge in [-0.15, -0.1) is 11.8 Å². The van der Waals surface area contributed by atoms with Crippen LogP contribution in [0.15, 0.2) is 83.8 Å². The van der Waals surface area contributed by atoms with Crippen LogP contribution in [-0.4, -0.2) is 21.6 Å². The molecule has 1 aromatic heterocycles. The van der Waals surface area contributed by atoms with Crippen molar-refractivity contribution in [3.63, 3.8) is 0 Å². The zero-order valence-electron chi connectivity index (χ0n) is 16.3. The maximum Gasteiger partial charge on any atom is 0.230 e. The summed E-state index contributed by atoms with van der Waals surface area (Å²) in [5.74, 6) is 1.15. The molecule has 0 aliphatic rings. The van der Waals surface area contributed by atoms with Gasteiger partial charge in [0.25, 0.3) is 0 Å². The number of benzene rings is 3. The van der Waals surface area contributed by atoms with Crippen LogP contribution in [0.25, 0.3) is 11.0 Å². The summed E-state index contributed by atoms with van der Waals surface area (Å²) in [5.41, 5.74) is 4.22. The topological polar surface area (TPSA) is 57.8 Å². The first-order valence-electron chi connectivity index (χ1n) is 9.65. The Bertz CT molecular complexity index is 1070. The number of nitrogens with zero attached hydrogens (tertiary/aromatic N) is 1. The number of aromatic amines is 1. The van der Waals surface area contributed by atoms with Crippen LogP contribution in [0.2, 0.25) is 0 Å². The van der Waals surface area contributed by atoms with Gasteiger partial charge < -0.3 is 10.3 Å². The molecule has 0 aliphatic heterocycles. The molecular formula is C24H23N3OS. The van der Waals surface area contributed by atoms with Crippen molar-refractivity contribution in [1.82, 2.24) is 15.3 Å². The molecule has 0 saturated heterocycles. The van der Waals surface area contributed by atoms with Crippen LogP contribution in [-0.2, 0) is 11.2 Å². The van der Waals surface area contributed by atoms with Gasteiger partial charge in [0.1, 0.15) is 5.82 Å². The number of hydrogen-bond donors (Lipinski definition) is 2. The Balaban J connectivity index is 1.51. The van der Waals surface area contributed by atoms with Crippen molar-refractivity contribution >= 4 is 28.7 Å². The van der Waals surface area contributed by atoms with E-state index < -0.39 is 0 Å². The van der Waals surface area contributed by atoms with E-state index in [9.17, 15) is 4.79 Å². The fourth-order valence-electron chi connectivity index (χ4n) is 3.30. The highest BCUT2D eigenvalue weighted by Crippen LogP contribution is 2.23. The van der Waals surface area contributed by atoms with Gasteiger partial charge in [0, 0.05) is 4.90 Å². The zero-order valence-corrected chi connectivity index (χ0v) is 17.1. The molecule has 146 valence electrons. The monoisotopic (exact) mass is 401 g/mol. The van der Waals surface area contributed by atoms with E-state index in [-0.39, 0.29) is 11.9 Å². The lowest BCUT2D eigenvalue weighted by Crippen LogP contribution is -2.32. The number of rotatable bonds is 7. The van der Waals surface area contributed by atoms with Crippen LogP contribution in [0, 0.1) is 6.92 Å². The van der Waals surface area contributed by atoms with Gasteiger partial charge in [-0.25, -0.2) is 4.98 Å². The van der Waals surface area contributed by atoms with Crippen LogP contribution < -0.4 is 5.32 Å². The average molecular weight is 402 g/mol. The van der Waals surface area contributed by atoms with Gasteiger partial charge in [-0.2, -0.15) is 0 Å². The summed E-state index contributed by atoms with van der Waals surface area (Å²) in [4.78, 5) is 22.0. The standard InChI is InChI=1S/C24H23N3OS/c1-17-9-5-8-14-22(17)29-16-23(28)25-21(15-18-10-3-2-4-11-18)24-26-19-12-6-7-13-20(19)27-24/h2-14,21H,15-16H2,1H3,(H,25,28)(H,26,27)/t21-/m0/s1. The quantitative estimate of drug-likeness (QED) is 0.425. The number of carbonyl (C=O) groups excluding carboxylic acids is 1. The Morgan fingerprint density at radius 3 is 2.52 bits per heavy atom. The molecule has 2 N–H and O–H groups in total. The maximum absolute atomic E-state index is 12.7. The third-order valence-electron chi connectivity index (χ3n) is 4.81. The SMILES string of the molecule is Cc1ccccc1SCC(=O)N[C@@H](Cc1ccccc1)c1nc2ccccc2[nH]1. The van der Waals surface area contributed by atoms with E-state index in [1.165, 1.54) is 5.56 Å². The summed E-state index contributed by atoms with van der Waals surface area (Å²) in [5, 5.41) is 3.18. The molecule has 0 aliphatic carbocycles. The van der Waals surface area contributed by atoms with Gasteiger partial charge >= 0.3 is 0 Å². The minimum absolute atomic E-state index is 0.000333. The number of fused-ring (bicyclic) bond motifs is 1. The molecule has 0 fully saturated rings. The third-order valence-corrected chi connectivity index (χ3v) is 5.98. The number of aryl methyl sites for hydroxylation is 1. The Kier molecular flexibility index (Phi) is 5.96. The number of aromatic nitrogens is 2. The lowest BCUT2D eigenvalue weighted by atomic mass is 10.1. The number of para-hydroxylation sites is 2. The second-order valence-corrected chi connectivity index (χ2v) is 8.02. The van der Waals surface area contributed by atoms with Crippen LogP contribution in [0.4, 0.5) is 0 Å². The molecule has 3 aromatic carbocycles. The Labute approximate surface area is 174 Å². The minimum Gasteiger partial charge on any atom is -0.345 e. The number of nitrogens with one attached hydrogen (secondary N) is 2. The molecule has 5 heteroatoms. The van der Waals surface area contributed by atoms with Gasteiger partial charge in [0.05, 0.1) is 22.8 Å². The van der Waals surface area contributed by atoms with E-state index in [1.807, 2.05) is 60.7 Å². The number of H-pyrrole nitrogens is 1. The van der Waals surface area contributed by atoms with E-state index in [1.54, 1.807) is 11.8 Å². The second-order valence-electron chi connectivity index (χ2n) is 7.00. The van der Waals surface area contributed by atoms with Gasteiger partial charge in [-0.1, -0.05) is 60.7 Å². The number of carbonyl (C=O) groups is 1. The first kappa shape index (κ1) is 19.3. The first-order chi connectivity index (χ1) is 14.2.